The number of piperazine rings is 1. The summed E-state index contributed by atoms with van der Waals surface area (Å²) in [5.74, 6) is 0.673. The Kier molecular flexibility index (Phi) is 6.34. The SMILES string of the molecule is Cc1ccc2cc([C@@H](c3nnnn3C(C)(C)C)N3CCN(c4cc(Cl)ccc4C)CC3)c(=O)[nH]c2c1. The monoisotopic (exact) mass is 505 g/mol. The Morgan fingerprint density at radius 2 is 1.75 bits per heavy atom. The van der Waals surface area contributed by atoms with Gasteiger partial charge in [-0.1, -0.05) is 29.8 Å². The van der Waals surface area contributed by atoms with Gasteiger partial charge in [0.1, 0.15) is 6.04 Å². The van der Waals surface area contributed by atoms with Gasteiger partial charge in [0.25, 0.3) is 5.56 Å². The molecule has 1 saturated heterocycles. The van der Waals surface area contributed by atoms with Gasteiger partial charge in [0.2, 0.25) is 0 Å². The molecule has 0 saturated carbocycles. The molecule has 36 heavy (non-hydrogen) atoms. The van der Waals surface area contributed by atoms with Crippen molar-refractivity contribution in [3.8, 4) is 0 Å². The van der Waals surface area contributed by atoms with Crippen LogP contribution in [0.15, 0.2) is 47.3 Å². The highest BCUT2D eigenvalue weighted by molar-refractivity contribution is 6.30. The summed E-state index contributed by atoms with van der Waals surface area (Å²) in [6.45, 7) is 13.4. The summed E-state index contributed by atoms with van der Waals surface area (Å²) in [7, 11) is 0. The fraction of sp³-hybridized carbons (Fsp3) is 0.407. The number of tetrazole rings is 1. The van der Waals surface area contributed by atoms with E-state index in [4.69, 9.17) is 11.6 Å². The second kappa shape index (κ2) is 9.33. The molecule has 4 aromatic rings. The average Bonchev–Trinajstić information content (AvgIpc) is 3.32. The van der Waals surface area contributed by atoms with E-state index in [0.717, 1.165) is 53.4 Å². The number of benzene rings is 2. The number of halogens is 1. The van der Waals surface area contributed by atoms with Gasteiger partial charge in [0, 0.05) is 48.0 Å². The van der Waals surface area contributed by atoms with E-state index in [0.29, 0.717) is 11.4 Å². The van der Waals surface area contributed by atoms with Gasteiger partial charge in [-0.3, -0.25) is 9.69 Å². The number of nitrogens with zero attached hydrogens (tertiary/aromatic N) is 6. The number of nitrogens with one attached hydrogen (secondary N) is 1. The molecule has 2 aromatic heterocycles. The fourth-order valence-corrected chi connectivity index (χ4v) is 5.19. The number of fused-ring (bicyclic) bond motifs is 1. The number of H-pyrrole nitrogens is 1. The van der Waals surface area contributed by atoms with Crippen LogP contribution in [0.4, 0.5) is 5.69 Å². The van der Waals surface area contributed by atoms with Gasteiger partial charge < -0.3 is 9.88 Å². The minimum absolute atomic E-state index is 0.116. The number of hydrogen-bond donors (Lipinski definition) is 1. The third-order valence-electron chi connectivity index (χ3n) is 6.89. The Hall–Kier alpha value is -3.23. The van der Waals surface area contributed by atoms with Crippen LogP contribution in [-0.4, -0.2) is 56.3 Å². The minimum atomic E-state index is -0.378. The van der Waals surface area contributed by atoms with E-state index in [-0.39, 0.29) is 17.1 Å². The van der Waals surface area contributed by atoms with Gasteiger partial charge in [-0.2, -0.15) is 0 Å². The summed E-state index contributed by atoms with van der Waals surface area (Å²) < 4.78 is 1.84. The Morgan fingerprint density at radius 1 is 1.00 bits per heavy atom. The molecule has 2 aromatic carbocycles. The molecule has 1 aliphatic rings. The maximum absolute atomic E-state index is 13.5. The van der Waals surface area contributed by atoms with Gasteiger partial charge in [-0.25, -0.2) is 4.68 Å². The third kappa shape index (κ3) is 4.63. The van der Waals surface area contributed by atoms with Crippen molar-refractivity contribution >= 4 is 28.2 Å². The molecule has 1 atom stereocenters. The predicted molar refractivity (Wildman–Crippen MR) is 144 cm³/mol. The van der Waals surface area contributed by atoms with Crippen LogP contribution in [0.1, 0.15) is 49.3 Å². The number of aromatic nitrogens is 5. The zero-order chi connectivity index (χ0) is 25.6. The van der Waals surface area contributed by atoms with Crippen molar-refractivity contribution in [2.24, 2.45) is 0 Å². The summed E-state index contributed by atoms with van der Waals surface area (Å²) in [6, 6.07) is 13.7. The maximum atomic E-state index is 13.5. The highest BCUT2D eigenvalue weighted by Gasteiger charge is 2.35. The van der Waals surface area contributed by atoms with Crippen molar-refractivity contribution in [3.63, 3.8) is 0 Å². The molecule has 1 fully saturated rings. The Balaban J connectivity index is 1.55. The molecule has 0 radical (unpaired) electrons. The molecule has 1 N–H and O–H groups in total. The normalized spacial score (nSPS) is 16.0. The van der Waals surface area contributed by atoms with Crippen LogP contribution in [0.5, 0.6) is 0 Å². The molecule has 0 bridgehead atoms. The quantitative estimate of drug-likeness (QED) is 0.441. The molecular formula is C27H32ClN7O. The first-order valence-corrected chi connectivity index (χ1v) is 12.7. The van der Waals surface area contributed by atoms with Gasteiger partial charge in [-0.15, -0.1) is 5.10 Å². The fourth-order valence-electron chi connectivity index (χ4n) is 5.02. The number of rotatable bonds is 4. The van der Waals surface area contributed by atoms with Crippen LogP contribution in [-0.2, 0) is 5.54 Å². The maximum Gasteiger partial charge on any atom is 0.253 e. The van der Waals surface area contributed by atoms with E-state index in [9.17, 15) is 4.79 Å². The lowest BCUT2D eigenvalue weighted by atomic mass is 10.0. The molecular weight excluding hydrogens is 474 g/mol. The number of hydrogen-bond acceptors (Lipinski definition) is 6. The smallest absolute Gasteiger partial charge is 0.253 e. The first-order valence-electron chi connectivity index (χ1n) is 12.3. The lowest BCUT2D eigenvalue weighted by Gasteiger charge is -2.40. The van der Waals surface area contributed by atoms with Crippen molar-refractivity contribution in [3.05, 3.63) is 80.4 Å². The van der Waals surface area contributed by atoms with E-state index in [1.165, 1.54) is 5.56 Å². The third-order valence-corrected chi connectivity index (χ3v) is 7.12. The summed E-state index contributed by atoms with van der Waals surface area (Å²) in [5.41, 5.74) is 4.48. The predicted octanol–water partition coefficient (Wildman–Crippen LogP) is 4.45. The van der Waals surface area contributed by atoms with Crippen LogP contribution in [0.2, 0.25) is 5.02 Å². The first-order chi connectivity index (χ1) is 17.1. The molecule has 5 rings (SSSR count). The molecule has 0 unspecified atom stereocenters. The van der Waals surface area contributed by atoms with E-state index in [1.54, 1.807) is 0 Å². The van der Waals surface area contributed by atoms with Crippen LogP contribution in [0, 0.1) is 13.8 Å². The van der Waals surface area contributed by atoms with Crippen LogP contribution in [0.3, 0.4) is 0 Å². The Labute approximate surface area is 215 Å². The summed E-state index contributed by atoms with van der Waals surface area (Å²) >= 11 is 6.30. The molecule has 0 amide bonds. The van der Waals surface area contributed by atoms with Gasteiger partial charge >= 0.3 is 0 Å². The summed E-state index contributed by atoms with van der Waals surface area (Å²) in [5, 5.41) is 14.5. The van der Waals surface area contributed by atoms with Crippen molar-refractivity contribution in [2.45, 2.75) is 46.2 Å². The van der Waals surface area contributed by atoms with Crippen LogP contribution >= 0.6 is 11.6 Å². The average molecular weight is 506 g/mol. The van der Waals surface area contributed by atoms with Crippen molar-refractivity contribution in [1.29, 1.82) is 0 Å². The summed E-state index contributed by atoms with van der Waals surface area (Å²) in [4.78, 5) is 21.2. The highest BCUT2D eigenvalue weighted by atomic mass is 35.5. The minimum Gasteiger partial charge on any atom is -0.369 e. The largest absolute Gasteiger partial charge is 0.369 e. The van der Waals surface area contributed by atoms with E-state index in [1.807, 2.05) is 41.9 Å². The Bertz CT molecular complexity index is 1460. The van der Waals surface area contributed by atoms with E-state index >= 15 is 0 Å². The zero-order valence-corrected chi connectivity index (χ0v) is 22.2. The topological polar surface area (TPSA) is 82.9 Å². The number of pyridine rings is 1. The number of aryl methyl sites for hydroxylation is 2. The van der Waals surface area contributed by atoms with Gasteiger partial charge in [-0.05, 0) is 85.8 Å². The molecule has 1 aliphatic heterocycles. The molecule has 0 spiro atoms. The van der Waals surface area contributed by atoms with Crippen LogP contribution in [0.25, 0.3) is 10.9 Å². The highest BCUT2D eigenvalue weighted by Crippen LogP contribution is 2.32. The van der Waals surface area contributed by atoms with Gasteiger partial charge in [0.05, 0.1) is 5.54 Å². The van der Waals surface area contributed by atoms with Crippen molar-refractivity contribution in [2.75, 3.05) is 31.1 Å². The van der Waals surface area contributed by atoms with Crippen molar-refractivity contribution in [1.82, 2.24) is 30.1 Å². The van der Waals surface area contributed by atoms with E-state index < -0.39 is 0 Å². The Morgan fingerprint density at radius 3 is 2.47 bits per heavy atom. The summed E-state index contributed by atoms with van der Waals surface area (Å²) in [6.07, 6.45) is 0. The van der Waals surface area contributed by atoms with Crippen molar-refractivity contribution < 1.29 is 0 Å². The molecule has 3 heterocycles. The molecule has 9 heteroatoms. The van der Waals surface area contributed by atoms with E-state index in [2.05, 4.69) is 70.1 Å². The number of anilines is 1. The lowest BCUT2D eigenvalue weighted by Crippen LogP contribution is -2.49. The van der Waals surface area contributed by atoms with Gasteiger partial charge in [0.15, 0.2) is 5.82 Å². The standard InChI is InChI=1S/C27H32ClN7O/c1-17-6-8-19-15-21(26(36)29-22(19)14-17)24(25-30-31-32-35(25)27(3,4)5)34-12-10-33(11-13-34)23-16-20(28)9-7-18(23)2/h6-9,14-16,24H,10-13H2,1-5H3,(H,29,36)/t24-/m0/s1. The lowest BCUT2D eigenvalue weighted by molar-refractivity contribution is 0.190. The van der Waals surface area contributed by atoms with Crippen LogP contribution < -0.4 is 10.5 Å². The zero-order valence-electron chi connectivity index (χ0n) is 21.4. The number of aromatic amines is 1. The molecule has 8 nitrogen and oxygen atoms in total. The second-order valence-electron chi connectivity index (χ2n) is 10.6. The molecule has 0 aliphatic carbocycles. The first kappa shape index (κ1) is 24.5. The second-order valence-corrected chi connectivity index (χ2v) is 11.1. The molecule has 188 valence electrons.